The highest BCUT2D eigenvalue weighted by molar-refractivity contribution is 9.10. The average molecular weight is 299 g/mol. The molecule has 1 unspecified atom stereocenters. The molecule has 1 aromatic carbocycles. The van der Waals surface area contributed by atoms with Crippen LogP contribution in [0, 0.1) is 11.8 Å². The van der Waals surface area contributed by atoms with Gasteiger partial charge in [-0.1, -0.05) is 41.9 Å². The Kier molecular flexibility index (Phi) is 6.17. The van der Waals surface area contributed by atoms with Gasteiger partial charge in [0.2, 0.25) is 0 Å². The van der Waals surface area contributed by atoms with Crippen molar-refractivity contribution in [2.24, 2.45) is 17.6 Å². The molecule has 0 spiro atoms. The summed E-state index contributed by atoms with van der Waals surface area (Å²) in [5.41, 5.74) is 7.08. The highest BCUT2D eigenvalue weighted by Gasteiger charge is 2.13. The van der Waals surface area contributed by atoms with Crippen LogP contribution in [0.25, 0.3) is 0 Å². The molecule has 1 rings (SSSR count). The van der Waals surface area contributed by atoms with Crippen molar-refractivity contribution in [1.29, 1.82) is 0 Å². The van der Waals surface area contributed by atoms with Crippen LogP contribution in [-0.2, 0) is 0 Å². The third-order valence-electron chi connectivity index (χ3n) is 3.28. The molecule has 0 aromatic heterocycles. The van der Waals surface area contributed by atoms with Crippen LogP contribution < -0.4 is 11.1 Å². The minimum atomic E-state index is 0.361. The van der Waals surface area contributed by atoms with Gasteiger partial charge in [0, 0.05) is 10.5 Å². The average Bonchev–Trinajstić information content (AvgIpc) is 2.29. The van der Waals surface area contributed by atoms with Crippen molar-refractivity contribution < 1.29 is 0 Å². The summed E-state index contributed by atoms with van der Waals surface area (Å²) in [6.45, 7) is 8.36. The first-order chi connectivity index (χ1) is 8.04. The van der Waals surface area contributed by atoms with E-state index in [1.165, 1.54) is 5.56 Å². The van der Waals surface area contributed by atoms with Crippen molar-refractivity contribution in [2.45, 2.75) is 26.8 Å². The molecule has 0 fully saturated rings. The molecule has 0 saturated heterocycles. The summed E-state index contributed by atoms with van der Waals surface area (Å²) in [5, 5.41) is 3.56. The van der Waals surface area contributed by atoms with Crippen molar-refractivity contribution in [2.75, 3.05) is 13.1 Å². The van der Waals surface area contributed by atoms with Gasteiger partial charge >= 0.3 is 0 Å². The second-order valence-corrected chi connectivity index (χ2v) is 5.84. The summed E-state index contributed by atoms with van der Waals surface area (Å²) in [4.78, 5) is 0. The number of rotatable bonds is 6. The van der Waals surface area contributed by atoms with Gasteiger partial charge in [-0.15, -0.1) is 0 Å². The molecule has 0 radical (unpaired) electrons. The topological polar surface area (TPSA) is 38.0 Å². The van der Waals surface area contributed by atoms with E-state index in [1.807, 2.05) is 6.07 Å². The largest absolute Gasteiger partial charge is 0.330 e. The summed E-state index contributed by atoms with van der Waals surface area (Å²) in [6.07, 6.45) is 0. The van der Waals surface area contributed by atoms with E-state index in [9.17, 15) is 0 Å². The number of nitrogens with two attached hydrogens (primary N) is 1. The molecule has 0 aliphatic rings. The molecule has 17 heavy (non-hydrogen) atoms. The molecule has 2 nitrogen and oxygen atoms in total. The summed E-state index contributed by atoms with van der Waals surface area (Å²) in [6, 6.07) is 8.79. The standard InChI is InChI=1S/C14H23BrN2/c1-10(2)13(8-16)9-17-11(3)12-5-4-6-14(15)7-12/h4-7,10-11,13,17H,8-9,16H2,1-3H3/t11-,13?/m1/s1. The Labute approximate surface area is 113 Å². The summed E-state index contributed by atoms with van der Waals surface area (Å²) in [5.74, 6) is 1.17. The molecule has 3 N–H and O–H groups in total. The smallest absolute Gasteiger partial charge is 0.0292 e. The van der Waals surface area contributed by atoms with Crippen LogP contribution in [0.15, 0.2) is 28.7 Å². The predicted molar refractivity (Wildman–Crippen MR) is 77.9 cm³/mol. The molecule has 3 heteroatoms. The van der Waals surface area contributed by atoms with Crippen LogP contribution >= 0.6 is 15.9 Å². The Morgan fingerprint density at radius 2 is 2.00 bits per heavy atom. The zero-order valence-corrected chi connectivity index (χ0v) is 12.5. The molecule has 0 bridgehead atoms. The van der Waals surface area contributed by atoms with Gasteiger partial charge in [-0.25, -0.2) is 0 Å². The number of halogens is 1. The molecule has 0 heterocycles. The normalized spacial score (nSPS) is 14.9. The summed E-state index contributed by atoms with van der Waals surface area (Å²) < 4.78 is 1.13. The number of hydrogen-bond donors (Lipinski definition) is 2. The van der Waals surface area contributed by atoms with Gasteiger partial charge in [0.15, 0.2) is 0 Å². The number of nitrogens with one attached hydrogen (secondary N) is 1. The molecule has 1 aromatic rings. The fraction of sp³-hybridized carbons (Fsp3) is 0.571. The van der Waals surface area contributed by atoms with Crippen molar-refractivity contribution >= 4 is 15.9 Å². The van der Waals surface area contributed by atoms with Crippen molar-refractivity contribution in [3.63, 3.8) is 0 Å². The van der Waals surface area contributed by atoms with Crippen molar-refractivity contribution in [3.05, 3.63) is 34.3 Å². The Morgan fingerprint density at radius 1 is 1.29 bits per heavy atom. The molecule has 2 atom stereocenters. The summed E-state index contributed by atoms with van der Waals surface area (Å²) in [7, 11) is 0. The Morgan fingerprint density at radius 3 is 2.53 bits per heavy atom. The highest BCUT2D eigenvalue weighted by atomic mass is 79.9. The molecule has 0 saturated carbocycles. The number of benzene rings is 1. The zero-order valence-electron chi connectivity index (χ0n) is 10.9. The van der Waals surface area contributed by atoms with Crippen LogP contribution in [0.4, 0.5) is 0 Å². The first kappa shape index (κ1) is 14.7. The fourth-order valence-corrected chi connectivity index (χ4v) is 2.23. The Balaban J connectivity index is 2.52. The number of hydrogen-bond acceptors (Lipinski definition) is 2. The fourth-order valence-electron chi connectivity index (χ4n) is 1.81. The van der Waals surface area contributed by atoms with Gasteiger partial charge in [0.25, 0.3) is 0 Å². The second-order valence-electron chi connectivity index (χ2n) is 4.92. The quantitative estimate of drug-likeness (QED) is 0.845. The van der Waals surface area contributed by atoms with Crippen molar-refractivity contribution in [1.82, 2.24) is 5.32 Å². The van der Waals surface area contributed by atoms with E-state index in [-0.39, 0.29) is 0 Å². The van der Waals surface area contributed by atoms with E-state index in [2.05, 4.69) is 60.2 Å². The predicted octanol–water partition coefficient (Wildman–Crippen LogP) is 3.33. The molecule has 0 aliphatic carbocycles. The third kappa shape index (κ3) is 4.78. The minimum Gasteiger partial charge on any atom is -0.330 e. The zero-order chi connectivity index (χ0) is 12.8. The lowest BCUT2D eigenvalue weighted by Crippen LogP contribution is -2.33. The SMILES string of the molecule is CC(C)C(CN)CN[C@H](C)c1cccc(Br)c1. The van der Waals surface area contributed by atoms with Gasteiger partial charge in [0.1, 0.15) is 0 Å². The van der Waals surface area contributed by atoms with Gasteiger partial charge < -0.3 is 11.1 Å². The maximum atomic E-state index is 5.78. The van der Waals surface area contributed by atoms with Crippen LogP contribution in [0.2, 0.25) is 0 Å². The van der Waals surface area contributed by atoms with E-state index in [1.54, 1.807) is 0 Å². The van der Waals surface area contributed by atoms with Crippen LogP contribution in [0.1, 0.15) is 32.4 Å². The van der Waals surface area contributed by atoms with Crippen LogP contribution in [-0.4, -0.2) is 13.1 Å². The van der Waals surface area contributed by atoms with E-state index < -0.39 is 0 Å². The first-order valence-electron chi connectivity index (χ1n) is 6.23. The van der Waals surface area contributed by atoms with E-state index in [0.717, 1.165) is 17.6 Å². The van der Waals surface area contributed by atoms with E-state index >= 15 is 0 Å². The maximum Gasteiger partial charge on any atom is 0.0292 e. The Hall–Kier alpha value is -0.380. The van der Waals surface area contributed by atoms with E-state index in [0.29, 0.717) is 17.9 Å². The lowest BCUT2D eigenvalue weighted by molar-refractivity contribution is 0.356. The lowest BCUT2D eigenvalue weighted by Gasteiger charge is -2.22. The second kappa shape index (κ2) is 7.14. The monoisotopic (exact) mass is 298 g/mol. The van der Waals surface area contributed by atoms with E-state index in [4.69, 9.17) is 5.73 Å². The molecule has 0 aliphatic heterocycles. The molecular weight excluding hydrogens is 276 g/mol. The van der Waals surface area contributed by atoms with Gasteiger partial charge in [-0.3, -0.25) is 0 Å². The Bertz CT molecular complexity index is 339. The summed E-state index contributed by atoms with van der Waals surface area (Å²) >= 11 is 3.50. The molecule has 96 valence electrons. The first-order valence-corrected chi connectivity index (χ1v) is 7.02. The van der Waals surface area contributed by atoms with Gasteiger partial charge in [-0.2, -0.15) is 0 Å². The van der Waals surface area contributed by atoms with Crippen LogP contribution in [0.5, 0.6) is 0 Å². The third-order valence-corrected chi connectivity index (χ3v) is 3.77. The van der Waals surface area contributed by atoms with Gasteiger partial charge in [-0.05, 0) is 49.5 Å². The van der Waals surface area contributed by atoms with Gasteiger partial charge in [0.05, 0.1) is 0 Å². The highest BCUT2D eigenvalue weighted by Crippen LogP contribution is 2.18. The minimum absolute atomic E-state index is 0.361. The molecular formula is C14H23BrN2. The molecule has 0 amide bonds. The lowest BCUT2D eigenvalue weighted by atomic mass is 9.95. The van der Waals surface area contributed by atoms with Crippen LogP contribution in [0.3, 0.4) is 0 Å². The van der Waals surface area contributed by atoms with Crippen molar-refractivity contribution in [3.8, 4) is 0 Å². The maximum absolute atomic E-state index is 5.78.